The largest absolute Gasteiger partial charge is 0.507 e. The van der Waals surface area contributed by atoms with Gasteiger partial charge in [0.25, 0.3) is 5.91 Å². The van der Waals surface area contributed by atoms with E-state index in [1.165, 1.54) is 11.3 Å². The number of hydrogen-bond donors (Lipinski definition) is 4. The number of anilines is 2. The van der Waals surface area contributed by atoms with Crippen LogP contribution in [-0.2, 0) is 0 Å². The summed E-state index contributed by atoms with van der Waals surface area (Å²) in [6.45, 7) is 2.46. The Labute approximate surface area is 160 Å². The van der Waals surface area contributed by atoms with Crippen molar-refractivity contribution in [2.75, 3.05) is 17.6 Å². The molecule has 0 fully saturated rings. The van der Waals surface area contributed by atoms with Crippen LogP contribution in [0, 0.1) is 0 Å². The second-order valence-corrected chi connectivity index (χ2v) is 6.76. The van der Waals surface area contributed by atoms with Gasteiger partial charge in [-0.15, -0.1) is 21.5 Å². The molecule has 0 bridgehead atoms. The Morgan fingerprint density at radius 1 is 1.33 bits per heavy atom. The summed E-state index contributed by atoms with van der Waals surface area (Å²) in [7, 11) is 0. The average Bonchev–Trinajstić information content (AvgIpc) is 3.21. The number of nitrogen functional groups attached to an aromatic ring is 1. The highest BCUT2D eigenvalue weighted by atomic mass is 32.1. The van der Waals surface area contributed by atoms with Gasteiger partial charge in [0.1, 0.15) is 10.6 Å². The van der Waals surface area contributed by atoms with Gasteiger partial charge in [0.05, 0.1) is 23.1 Å². The summed E-state index contributed by atoms with van der Waals surface area (Å²) in [5.41, 5.74) is 9.21. The highest BCUT2D eigenvalue weighted by Gasteiger charge is 2.15. The van der Waals surface area contributed by atoms with E-state index < -0.39 is 0 Å². The van der Waals surface area contributed by atoms with E-state index in [0.717, 1.165) is 6.42 Å². The van der Waals surface area contributed by atoms with Gasteiger partial charge in [-0.2, -0.15) is 0 Å². The summed E-state index contributed by atoms with van der Waals surface area (Å²) in [6.07, 6.45) is 2.28. The molecule has 1 unspecified atom stereocenters. The Balaban J connectivity index is 1.70. The van der Waals surface area contributed by atoms with Crippen molar-refractivity contribution in [1.29, 1.82) is 0 Å². The molecule has 9 heteroatoms. The van der Waals surface area contributed by atoms with Gasteiger partial charge in [-0.3, -0.25) is 9.78 Å². The standard InChI is InChI=1S/C18H20N6O2S/c1-2-11(22-18(26)16-9-20-10-27-16)8-21-14-7-13(23-24-17(14)19)12-5-3-4-6-15(12)25/h3-7,9-11,25H,2,8H2,1H3,(H2,19,24)(H,21,23)(H,22,26). The Hall–Kier alpha value is -3.20. The van der Waals surface area contributed by atoms with Gasteiger partial charge in [-0.25, -0.2) is 0 Å². The summed E-state index contributed by atoms with van der Waals surface area (Å²) < 4.78 is 0. The molecular weight excluding hydrogens is 364 g/mol. The zero-order valence-electron chi connectivity index (χ0n) is 14.7. The van der Waals surface area contributed by atoms with Gasteiger partial charge >= 0.3 is 0 Å². The highest BCUT2D eigenvalue weighted by Crippen LogP contribution is 2.29. The number of phenols is 1. The molecule has 0 radical (unpaired) electrons. The normalized spacial score (nSPS) is 11.7. The summed E-state index contributed by atoms with van der Waals surface area (Å²) in [5, 5.41) is 24.2. The molecular formula is C18H20N6O2S. The number of para-hydroxylation sites is 1. The maximum Gasteiger partial charge on any atom is 0.263 e. The molecule has 3 rings (SSSR count). The minimum Gasteiger partial charge on any atom is -0.507 e. The van der Waals surface area contributed by atoms with Crippen molar-refractivity contribution in [2.45, 2.75) is 19.4 Å². The maximum absolute atomic E-state index is 12.2. The smallest absolute Gasteiger partial charge is 0.263 e. The Kier molecular flexibility index (Phi) is 5.82. The molecule has 0 spiro atoms. The zero-order valence-corrected chi connectivity index (χ0v) is 15.5. The molecule has 140 valence electrons. The minimum atomic E-state index is -0.151. The Morgan fingerprint density at radius 3 is 2.85 bits per heavy atom. The number of nitrogens with zero attached hydrogens (tertiary/aromatic N) is 3. The molecule has 1 aromatic carbocycles. The van der Waals surface area contributed by atoms with E-state index in [1.807, 2.05) is 13.0 Å². The zero-order chi connectivity index (χ0) is 19.2. The van der Waals surface area contributed by atoms with Gasteiger partial charge in [0.2, 0.25) is 0 Å². The Morgan fingerprint density at radius 2 is 2.15 bits per heavy atom. The van der Waals surface area contributed by atoms with E-state index in [-0.39, 0.29) is 23.5 Å². The van der Waals surface area contributed by atoms with Crippen LogP contribution in [0.1, 0.15) is 23.0 Å². The minimum absolute atomic E-state index is 0.0965. The molecule has 2 aromatic heterocycles. The van der Waals surface area contributed by atoms with Crippen molar-refractivity contribution in [2.24, 2.45) is 0 Å². The van der Waals surface area contributed by atoms with Crippen molar-refractivity contribution in [3.05, 3.63) is 46.9 Å². The lowest BCUT2D eigenvalue weighted by molar-refractivity contribution is 0.0942. The molecule has 1 amide bonds. The van der Waals surface area contributed by atoms with Gasteiger partial charge in [0.15, 0.2) is 5.82 Å². The quantitative estimate of drug-likeness (QED) is 0.493. The van der Waals surface area contributed by atoms with Crippen LogP contribution < -0.4 is 16.4 Å². The fourth-order valence-corrected chi connectivity index (χ4v) is 3.00. The lowest BCUT2D eigenvalue weighted by atomic mass is 10.1. The highest BCUT2D eigenvalue weighted by molar-refractivity contribution is 7.11. The number of aromatic hydroxyl groups is 1. The molecule has 0 saturated heterocycles. The molecule has 5 N–H and O–H groups in total. The predicted octanol–water partition coefficient (Wildman–Crippen LogP) is 2.51. The molecule has 2 heterocycles. The first-order chi connectivity index (χ1) is 13.1. The molecule has 27 heavy (non-hydrogen) atoms. The number of thiazole rings is 1. The van der Waals surface area contributed by atoms with Crippen molar-refractivity contribution >= 4 is 28.7 Å². The topological polar surface area (TPSA) is 126 Å². The third-order valence-electron chi connectivity index (χ3n) is 4.03. The molecule has 0 saturated carbocycles. The van der Waals surface area contributed by atoms with E-state index in [9.17, 15) is 9.90 Å². The average molecular weight is 384 g/mol. The number of carbonyl (C=O) groups is 1. The molecule has 3 aromatic rings. The van der Waals surface area contributed by atoms with Crippen LogP contribution in [-0.4, -0.2) is 38.8 Å². The van der Waals surface area contributed by atoms with Crippen LogP contribution in [0.3, 0.4) is 0 Å². The van der Waals surface area contributed by atoms with E-state index in [0.29, 0.717) is 28.4 Å². The number of phenolic OH excluding ortho intramolecular Hbond substituents is 1. The third-order valence-corrected chi connectivity index (χ3v) is 4.80. The van der Waals surface area contributed by atoms with Crippen molar-refractivity contribution in [3.8, 4) is 17.0 Å². The van der Waals surface area contributed by atoms with Crippen LogP contribution >= 0.6 is 11.3 Å². The maximum atomic E-state index is 12.2. The van der Waals surface area contributed by atoms with Crippen LogP contribution in [0.5, 0.6) is 5.75 Å². The number of carbonyl (C=O) groups excluding carboxylic acids is 1. The molecule has 8 nitrogen and oxygen atoms in total. The number of nitrogens with two attached hydrogens (primary N) is 1. The third kappa shape index (κ3) is 4.50. The first-order valence-corrected chi connectivity index (χ1v) is 9.31. The van der Waals surface area contributed by atoms with Crippen LogP contribution in [0.15, 0.2) is 42.0 Å². The molecule has 0 aliphatic rings. The van der Waals surface area contributed by atoms with Gasteiger partial charge in [-0.1, -0.05) is 19.1 Å². The Bertz CT molecular complexity index is 916. The van der Waals surface area contributed by atoms with Crippen molar-refractivity contribution in [1.82, 2.24) is 20.5 Å². The number of hydrogen-bond acceptors (Lipinski definition) is 8. The SMILES string of the molecule is CCC(CNc1cc(-c2ccccc2O)nnc1N)NC(=O)c1cncs1. The summed E-state index contributed by atoms with van der Waals surface area (Å²) in [6, 6.07) is 8.52. The fraction of sp³-hybridized carbons (Fsp3) is 0.222. The number of nitrogens with one attached hydrogen (secondary N) is 2. The number of benzene rings is 1. The van der Waals surface area contributed by atoms with Gasteiger partial charge in [-0.05, 0) is 24.6 Å². The van der Waals surface area contributed by atoms with Crippen LogP contribution in [0.4, 0.5) is 11.5 Å². The van der Waals surface area contributed by atoms with Crippen molar-refractivity contribution < 1.29 is 9.90 Å². The molecule has 0 aliphatic carbocycles. The first kappa shape index (κ1) is 18.6. The number of amides is 1. The van der Waals surface area contributed by atoms with Gasteiger partial charge in [0, 0.05) is 18.2 Å². The van der Waals surface area contributed by atoms with E-state index >= 15 is 0 Å². The summed E-state index contributed by atoms with van der Waals surface area (Å²) in [4.78, 5) is 16.7. The second kappa shape index (κ2) is 8.45. The van der Waals surface area contributed by atoms with Crippen LogP contribution in [0.25, 0.3) is 11.3 Å². The number of aromatic nitrogens is 3. The predicted molar refractivity (Wildman–Crippen MR) is 106 cm³/mol. The van der Waals surface area contributed by atoms with E-state index in [1.54, 1.807) is 36.0 Å². The second-order valence-electron chi connectivity index (χ2n) is 5.87. The number of rotatable bonds is 7. The molecule has 1 atom stereocenters. The summed E-state index contributed by atoms with van der Waals surface area (Å²) in [5.74, 6) is 0.213. The lowest BCUT2D eigenvalue weighted by Crippen LogP contribution is -2.39. The van der Waals surface area contributed by atoms with Gasteiger partial charge < -0.3 is 21.5 Å². The monoisotopic (exact) mass is 384 g/mol. The van der Waals surface area contributed by atoms with Crippen molar-refractivity contribution in [3.63, 3.8) is 0 Å². The van der Waals surface area contributed by atoms with Crippen LogP contribution in [0.2, 0.25) is 0 Å². The molecule has 0 aliphatic heterocycles. The first-order valence-electron chi connectivity index (χ1n) is 8.43. The van der Waals surface area contributed by atoms with E-state index in [4.69, 9.17) is 5.73 Å². The van der Waals surface area contributed by atoms with E-state index in [2.05, 4.69) is 25.8 Å². The summed E-state index contributed by atoms with van der Waals surface area (Å²) >= 11 is 1.30. The fourth-order valence-electron chi connectivity index (χ4n) is 2.48. The lowest BCUT2D eigenvalue weighted by Gasteiger charge is -2.18.